The van der Waals surface area contributed by atoms with Crippen LogP contribution in [-0.4, -0.2) is 16.1 Å². The maximum atomic E-state index is 11.7. The van der Waals surface area contributed by atoms with E-state index in [0.717, 1.165) is 0 Å². The zero-order valence-electron chi connectivity index (χ0n) is 12.5. The fraction of sp³-hybridized carbons (Fsp3) is 0.250. The number of hydrogen-bond acceptors (Lipinski definition) is 5. The number of rotatable bonds is 5. The molecule has 1 aromatic heterocycles. The van der Waals surface area contributed by atoms with E-state index in [-0.39, 0.29) is 11.8 Å². The number of benzene rings is 1. The molecule has 112 valence electrons. The third kappa shape index (κ3) is 4.28. The van der Waals surface area contributed by atoms with Crippen molar-refractivity contribution < 1.29 is 4.79 Å². The van der Waals surface area contributed by atoms with Crippen LogP contribution in [0.1, 0.15) is 25.8 Å². The lowest BCUT2D eigenvalue weighted by molar-refractivity contribution is -0.116. The Bertz CT molecular complexity index is 688. The number of amides is 1. The lowest BCUT2D eigenvalue weighted by Crippen LogP contribution is -2.15. The Morgan fingerprint density at radius 1 is 1.18 bits per heavy atom. The number of para-hydroxylation sites is 1. The zero-order chi connectivity index (χ0) is 15.9. The molecule has 6 heteroatoms. The minimum absolute atomic E-state index is 0.0835. The Morgan fingerprint density at radius 3 is 2.50 bits per heavy atom. The van der Waals surface area contributed by atoms with Crippen molar-refractivity contribution in [3.05, 3.63) is 42.0 Å². The van der Waals surface area contributed by atoms with Gasteiger partial charge in [-0.25, -0.2) is 0 Å². The minimum Gasteiger partial charge on any atom is -0.338 e. The molecule has 6 nitrogen and oxygen atoms in total. The normalized spacial score (nSPS) is 10.1. The molecule has 2 N–H and O–H groups in total. The molecule has 0 atom stereocenters. The number of carbonyl (C=O) groups is 1. The topological polar surface area (TPSA) is 90.7 Å². The summed E-state index contributed by atoms with van der Waals surface area (Å²) in [5.41, 5.74) is 1.19. The molecule has 0 aliphatic heterocycles. The Kier molecular flexibility index (Phi) is 5.04. The van der Waals surface area contributed by atoms with Crippen LogP contribution < -0.4 is 10.6 Å². The summed E-state index contributed by atoms with van der Waals surface area (Å²) in [5.74, 6) is 1.12. The predicted molar refractivity (Wildman–Crippen MR) is 84.6 cm³/mol. The van der Waals surface area contributed by atoms with Gasteiger partial charge < -0.3 is 10.6 Å². The number of nitriles is 1. The van der Waals surface area contributed by atoms with E-state index >= 15 is 0 Å². The largest absolute Gasteiger partial charge is 0.338 e. The smallest absolute Gasteiger partial charge is 0.225 e. The molecule has 0 spiro atoms. The molecule has 22 heavy (non-hydrogen) atoms. The van der Waals surface area contributed by atoms with Gasteiger partial charge in [-0.2, -0.15) is 5.26 Å². The zero-order valence-corrected chi connectivity index (χ0v) is 12.5. The van der Waals surface area contributed by atoms with Crippen LogP contribution >= 0.6 is 0 Å². The lowest BCUT2D eigenvalue weighted by atomic mass is 10.1. The number of carbonyl (C=O) groups excluding carboxylic acids is 1. The fourth-order valence-electron chi connectivity index (χ4n) is 1.86. The van der Waals surface area contributed by atoms with Crippen molar-refractivity contribution in [2.45, 2.75) is 20.3 Å². The molecule has 0 unspecified atom stereocenters. The predicted octanol–water partition coefficient (Wildman–Crippen LogP) is 3.08. The number of aromatic nitrogens is 2. The van der Waals surface area contributed by atoms with E-state index in [0.29, 0.717) is 29.3 Å². The Balaban J connectivity index is 2.03. The third-order valence-electron chi connectivity index (χ3n) is 2.84. The fourth-order valence-corrected chi connectivity index (χ4v) is 1.86. The monoisotopic (exact) mass is 295 g/mol. The average molecular weight is 295 g/mol. The molecule has 0 fully saturated rings. The van der Waals surface area contributed by atoms with E-state index in [4.69, 9.17) is 5.26 Å². The summed E-state index contributed by atoms with van der Waals surface area (Å²) in [5, 5.41) is 22.7. The molecule has 2 rings (SSSR count). The van der Waals surface area contributed by atoms with Gasteiger partial charge in [-0.05, 0) is 30.2 Å². The van der Waals surface area contributed by atoms with Crippen LogP contribution in [0, 0.1) is 17.2 Å². The van der Waals surface area contributed by atoms with E-state index in [1.54, 1.807) is 30.3 Å². The molecule has 1 aromatic carbocycles. The number of anilines is 3. The van der Waals surface area contributed by atoms with Crippen LogP contribution in [0.4, 0.5) is 17.3 Å². The molecular formula is C16H17N5O. The Morgan fingerprint density at radius 2 is 1.86 bits per heavy atom. The molecule has 1 heterocycles. The average Bonchev–Trinajstić information content (AvgIpc) is 2.49. The third-order valence-corrected chi connectivity index (χ3v) is 2.84. The first kappa shape index (κ1) is 15.4. The molecule has 1 amide bonds. The van der Waals surface area contributed by atoms with Gasteiger partial charge in [0, 0.05) is 6.42 Å². The molecule has 0 radical (unpaired) electrons. The SMILES string of the molecule is CC(C)CC(=O)Nc1ccc(Nc2ccccc2C#N)nn1. The number of nitrogens with one attached hydrogen (secondary N) is 2. The van der Waals surface area contributed by atoms with Crippen molar-refractivity contribution in [2.24, 2.45) is 5.92 Å². The summed E-state index contributed by atoms with van der Waals surface area (Å²) in [7, 11) is 0. The summed E-state index contributed by atoms with van der Waals surface area (Å²) >= 11 is 0. The van der Waals surface area contributed by atoms with E-state index in [1.165, 1.54) is 0 Å². The minimum atomic E-state index is -0.0835. The molecule has 0 saturated carbocycles. The highest BCUT2D eigenvalue weighted by molar-refractivity contribution is 5.89. The van der Waals surface area contributed by atoms with Crippen LogP contribution in [0.25, 0.3) is 0 Å². The van der Waals surface area contributed by atoms with Crippen LogP contribution in [0.3, 0.4) is 0 Å². The first-order valence-corrected chi connectivity index (χ1v) is 6.98. The molecule has 0 bridgehead atoms. The van der Waals surface area contributed by atoms with Gasteiger partial charge in [0.05, 0.1) is 11.3 Å². The quantitative estimate of drug-likeness (QED) is 0.884. The van der Waals surface area contributed by atoms with E-state index in [1.807, 2.05) is 19.9 Å². The van der Waals surface area contributed by atoms with Crippen LogP contribution in [-0.2, 0) is 4.79 Å². The van der Waals surface area contributed by atoms with Crippen molar-refractivity contribution >= 4 is 23.2 Å². The van der Waals surface area contributed by atoms with Crippen molar-refractivity contribution in [2.75, 3.05) is 10.6 Å². The van der Waals surface area contributed by atoms with Crippen molar-refractivity contribution in [3.63, 3.8) is 0 Å². The standard InChI is InChI=1S/C16H17N5O/c1-11(2)9-16(22)19-15-8-7-14(20-21-15)18-13-6-4-3-5-12(13)10-17/h3-8,11H,9H2,1-2H3,(H,18,20)(H,19,21,22). The van der Waals surface area contributed by atoms with Crippen molar-refractivity contribution in [1.29, 1.82) is 5.26 Å². The van der Waals surface area contributed by atoms with Gasteiger partial charge in [0.2, 0.25) is 5.91 Å². The summed E-state index contributed by atoms with van der Waals surface area (Å²) in [6.07, 6.45) is 0.442. The Labute approximate surface area is 129 Å². The lowest BCUT2D eigenvalue weighted by Gasteiger charge is -2.08. The van der Waals surface area contributed by atoms with Crippen LogP contribution in [0.2, 0.25) is 0 Å². The van der Waals surface area contributed by atoms with Crippen molar-refractivity contribution in [1.82, 2.24) is 10.2 Å². The second kappa shape index (κ2) is 7.18. The van der Waals surface area contributed by atoms with Gasteiger partial charge in [-0.15, -0.1) is 10.2 Å². The first-order valence-electron chi connectivity index (χ1n) is 6.98. The molecule has 0 aliphatic carbocycles. The molecule has 0 saturated heterocycles. The highest BCUT2D eigenvalue weighted by atomic mass is 16.1. The summed E-state index contributed by atoms with van der Waals surface area (Å²) in [4.78, 5) is 11.7. The van der Waals surface area contributed by atoms with Crippen LogP contribution in [0.15, 0.2) is 36.4 Å². The van der Waals surface area contributed by atoms with Gasteiger partial charge in [-0.3, -0.25) is 4.79 Å². The summed E-state index contributed by atoms with van der Waals surface area (Å²) in [6.45, 7) is 3.95. The second-order valence-corrected chi connectivity index (χ2v) is 5.23. The first-order chi connectivity index (χ1) is 10.6. The van der Waals surface area contributed by atoms with Gasteiger partial charge in [0.1, 0.15) is 6.07 Å². The molecular weight excluding hydrogens is 278 g/mol. The van der Waals surface area contributed by atoms with Gasteiger partial charge >= 0.3 is 0 Å². The number of nitrogens with zero attached hydrogens (tertiary/aromatic N) is 3. The summed E-state index contributed by atoms with van der Waals surface area (Å²) in [6, 6.07) is 12.6. The molecule has 0 aliphatic rings. The number of hydrogen-bond donors (Lipinski definition) is 2. The maximum absolute atomic E-state index is 11.7. The van der Waals surface area contributed by atoms with Gasteiger partial charge in [0.15, 0.2) is 11.6 Å². The molecule has 2 aromatic rings. The van der Waals surface area contributed by atoms with E-state index in [9.17, 15) is 4.79 Å². The highest BCUT2D eigenvalue weighted by Gasteiger charge is 2.07. The van der Waals surface area contributed by atoms with Gasteiger partial charge in [-0.1, -0.05) is 26.0 Å². The Hall–Kier alpha value is -2.94. The second-order valence-electron chi connectivity index (χ2n) is 5.23. The van der Waals surface area contributed by atoms with E-state index < -0.39 is 0 Å². The maximum Gasteiger partial charge on any atom is 0.225 e. The summed E-state index contributed by atoms with van der Waals surface area (Å²) < 4.78 is 0. The van der Waals surface area contributed by atoms with Gasteiger partial charge in [0.25, 0.3) is 0 Å². The van der Waals surface area contributed by atoms with Crippen molar-refractivity contribution in [3.8, 4) is 6.07 Å². The van der Waals surface area contributed by atoms with E-state index in [2.05, 4.69) is 26.9 Å². The highest BCUT2D eigenvalue weighted by Crippen LogP contribution is 2.18. The van der Waals surface area contributed by atoms with Crippen LogP contribution in [0.5, 0.6) is 0 Å².